The summed E-state index contributed by atoms with van der Waals surface area (Å²) < 4.78 is 5.72. The molecule has 2 rings (SSSR count). The van der Waals surface area contributed by atoms with E-state index < -0.39 is 0 Å². The molecule has 0 aliphatic carbocycles. The Kier molecular flexibility index (Phi) is 5.12. The van der Waals surface area contributed by atoms with Crippen LogP contribution in [0.3, 0.4) is 0 Å². The van der Waals surface area contributed by atoms with Gasteiger partial charge < -0.3 is 9.73 Å². The van der Waals surface area contributed by atoms with Crippen molar-refractivity contribution in [2.24, 2.45) is 0 Å². The highest BCUT2D eigenvalue weighted by Gasteiger charge is 2.14. The van der Waals surface area contributed by atoms with Crippen LogP contribution >= 0.6 is 0 Å². The molecule has 0 saturated heterocycles. The minimum absolute atomic E-state index is 0.548. The predicted molar refractivity (Wildman–Crippen MR) is 80.2 cm³/mol. The van der Waals surface area contributed by atoms with Crippen molar-refractivity contribution in [2.45, 2.75) is 33.7 Å². The third kappa shape index (κ3) is 3.57. The average molecular weight is 274 g/mol. The van der Waals surface area contributed by atoms with Crippen LogP contribution in [0, 0.1) is 6.92 Å². The summed E-state index contributed by atoms with van der Waals surface area (Å²) in [5.41, 5.74) is 2.29. The number of hydrogen-bond acceptors (Lipinski definition) is 5. The predicted octanol–water partition coefficient (Wildman–Crippen LogP) is 3.04. The van der Waals surface area contributed by atoms with Crippen molar-refractivity contribution < 1.29 is 4.42 Å². The summed E-state index contributed by atoms with van der Waals surface area (Å²) in [4.78, 5) is 2.02. The molecule has 0 amide bonds. The topological polar surface area (TPSA) is 54.2 Å². The highest BCUT2D eigenvalue weighted by Crippen LogP contribution is 2.24. The number of aryl methyl sites for hydroxylation is 1. The lowest BCUT2D eigenvalue weighted by Crippen LogP contribution is -2.16. The fraction of sp³-hybridized carbons (Fsp3) is 0.467. The molecule has 108 valence electrons. The van der Waals surface area contributed by atoms with Gasteiger partial charge in [-0.1, -0.05) is 24.2 Å². The number of benzene rings is 1. The summed E-state index contributed by atoms with van der Waals surface area (Å²) in [6.07, 6.45) is 1.09. The molecule has 0 bridgehead atoms. The quantitative estimate of drug-likeness (QED) is 0.786. The minimum atomic E-state index is 0.548. The lowest BCUT2D eigenvalue weighted by atomic mass is 10.2. The first-order valence-electron chi connectivity index (χ1n) is 7.12. The summed E-state index contributed by atoms with van der Waals surface area (Å²) >= 11 is 0. The molecular weight excluding hydrogens is 252 g/mol. The lowest BCUT2D eigenvalue weighted by Gasteiger charge is -2.18. The molecule has 1 aromatic carbocycles. The van der Waals surface area contributed by atoms with E-state index in [9.17, 15) is 0 Å². The molecular formula is C15H22N4O. The van der Waals surface area contributed by atoms with Crippen LogP contribution in [0.15, 0.2) is 28.7 Å². The van der Waals surface area contributed by atoms with Crippen molar-refractivity contribution in [3.05, 3.63) is 35.7 Å². The molecule has 0 aliphatic rings. The van der Waals surface area contributed by atoms with Gasteiger partial charge in [0.05, 0.1) is 6.54 Å². The van der Waals surface area contributed by atoms with E-state index in [1.807, 2.05) is 11.0 Å². The van der Waals surface area contributed by atoms with Crippen LogP contribution in [0.4, 0.5) is 11.7 Å². The van der Waals surface area contributed by atoms with Crippen LogP contribution < -0.4 is 10.2 Å². The number of aromatic nitrogens is 2. The molecule has 2 aromatic rings. The number of rotatable bonds is 7. The molecule has 1 heterocycles. The monoisotopic (exact) mass is 274 g/mol. The SMILES string of the molecule is CCCNCc1nnc(N(CC)c2cccc(C)c2)o1. The number of anilines is 2. The maximum Gasteiger partial charge on any atom is 0.322 e. The summed E-state index contributed by atoms with van der Waals surface area (Å²) in [7, 11) is 0. The fourth-order valence-electron chi connectivity index (χ4n) is 2.02. The van der Waals surface area contributed by atoms with Crippen LogP contribution in [0.25, 0.3) is 0 Å². The standard InChI is InChI=1S/C15H22N4O/c1-4-9-16-11-14-17-18-15(20-14)19(5-2)13-8-6-7-12(3)10-13/h6-8,10,16H,4-5,9,11H2,1-3H3. The van der Waals surface area contributed by atoms with Gasteiger partial charge in [-0.2, -0.15) is 0 Å². The van der Waals surface area contributed by atoms with Gasteiger partial charge in [0.2, 0.25) is 5.89 Å². The fourth-order valence-corrected chi connectivity index (χ4v) is 2.02. The van der Waals surface area contributed by atoms with E-state index in [0.717, 1.165) is 25.2 Å². The normalized spacial score (nSPS) is 10.8. The molecule has 0 radical (unpaired) electrons. The second kappa shape index (κ2) is 7.05. The highest BCUT2D eigenvalue weighted by molar-refractivity contribution is 5.56. The van der Waals surface area contributed by atoms with E-state index in [1.54, 1.807) is 0 Å². The largest absolute Gasteiger partial charge is 0.406 e. The number of nitrogens with one attached hydrogen (secondary N) is 1. The van der Waals surface area contributed by atoms with E-state index in [4.69, 9.17) is 4.42 Å². The van der Waals surface area contributed by atoms with Gasteiger partial charge in [0.25, 0.3) is 0 Å². The average Bonchev–Trinajstić information content (AvgIpc) is 2.89. The van der Waals surface area contributed by atoms with Gasteiger partial charge in [-0.3, -0.25) is 4.90 Å². The van der Waals surface area contributed by atoms with Crippen molar-refractivity contribution in [1.29, 1.82) is 0 Å². The summed E-state index contributed by atoms with van der Waals surface area (Å²) in [6.45, 7) is 8.63. The van der Waals surface area contributed by atoms with E-state index >= 15 is 0 Å². The van der Waals surface area contributed by atoms with Gasteiger partial charge in [-0.25, -0.2) is 0 Å². The van der Waals surface area contributed by atoms with Crippen LogP contribution in [0.5, 0.6) is 0 Å². The molecule has 0 aliphatic heterocycles. The smallest absolute Gasteiger partial charge is 0.322 e. The maximum atomic E-state index is 5.72. The highest BCUT2D eigenvalue weighted by atomic mass is 16.4. The van der Waals surface area contributed by atoms with Gasteiger partial charge in [0, 0.05) is 12.2 Å². The van der Waals surface area contributed by atoms with Crippen molar-refractivity contribution in [1.82, 2.24) is 15.5 Å². The number of nitrogens with zero attached hydrogens (tertiary/aromatic N) is 3. The molecule has 20 heavy (non-hydrogen) atoms. The van der Waals surface area contributed by atoms with Gasteiger partial charge in [0.1, 0.15) is 0 Å². The zero-order valence-corrected chi connectivity index (χ0v) is 12.4. The Bertz CT molecular complexity index is 538. The van der Waals surface area contributed by atoms with Gasteiger partial charge >= 0.3 is 6.01 Å². The first kappa shape index (κ1) is 14.5. The van der Waals surface area contributed by atoms with Crippen molar-refractivity contribution in [3.8, 4) is 0 Å². The van der Waals surface area contributed by atoms with E-state index in [-0.39, 0.29) is 0 Å². The Morgan fingerprint density at radius 3 is 2.80 bits per heavy atom. The van der Waals surface area contributed by atoms with Crippen molar-refractivity contribution >= 4 is 11.7 Å². The zero-order chi connectivity index (χ0) is 14.4. The minimum Gasteiger partial charge on any atom is -0.406 e. The van der Waals surface area contributed by atoms with Crippen LogP contribution in [-0.4, -0.2) is 23.3 Å². The van der Waals surface area contributed by atoms with Crippen LogP contribution in [0.2, 0.25) is 0 Å². The Hall–Kier alpha value is -1.88. The first-order chi connectivity index (χ1) is 9.74. The molecule has 5 nitrogen and oxygen atoms in total. The Balaban J connectivity index is 2.12. The van der Waals surface area contributed by atoms with Crippen LogP contribution in [-0.2, 0) is 6.54 Å². The summed E-state index contributed by atoms with van der Waals surface area (Å²) in [5, 5.41) is 11.5. The maximum absolute atomic E-state index is 5.72. The molecule has 0 fully saturated rings. The third-order valence-corrected chi connectivity index (χ3v) is 3.02. The van der Waals surface area contributed by atoms with Gasteiger partial charge in [-0.05, 0) is 44.5 Å². The van der Waals surface area contributed by atoms with Crippen LogP contribution in [0.1, 0.15) is 31.7 Å². The number of hydrogen-bond donors (Lipinski definition) is 1. The van der Waals surface area contributed by atoms with E-state index in [0.29, 0.717) is 18.5 Å². The van der Waals surface area contributed by atoms with E-state index in [1.165, 1.54) is 5.56 Å². The third-order valence-electron chi connectivity index (χ3n) is 3.02. The van der Waals surface area contributed by atoms with Crippen molar-refractivity contribution in [2.75, 3.05) is 18.0 Å². The first-order valence-corrected chi connectivity index (χ1v) is 7.12. The molecule has 0 spiro atoms. The second-order valence-electron chi connectivity index (χ2n) is 4.74. The molecule has 0 saturated carbocycles. The lowest BCUT2D eigenvalue weighted by molar-refractivity contribution is 0.469. The van der Waals surface area contributed by atoms with Gasteiger partial charge in [-0.15, -0.1) is 5.10 Å². The molecule has 0 atom stereocenters. The Morgan fingerprint density at radius 1 is 1.25 bits per heavy atom. The molecule has 1 N–H and O–H groups in total. The Morgan fingerprint density at radius 2 is 2.10 bits per heavy atom. The summed E-state index contributed by atoms with van der Waals surface area (Å²) in [5.74, 6) is 0.625. The summed E-state index contributed by atoms with van der Waals surface area (Å²) in [6, 6.07) is 8.82. The molecule has 0 unspecified atom stereocenters. The second-order valence-corrected chi connectivity index (χ2v) is 4.74. The van der Waals surface area contributed by atoms with Gasteiger partial charge in [0.15, 0.2) is 0 Å². The van der Waals surface area contributed by atoms with E-state index in [2.05, 4.69) is 54.5 Å². The zero-order valence-electron chi connectivity index (χ0n) is 12.4. The molecule has 5 heteroatoms. The Labute approximate surface area is 120 Å². The molecule has 1 aromatic heterocycles. The van der Waals surface area contributed by atoms with Crippen molar-refractivity contribution in [3.63, 3.8) is 0 Å².